The van der Waals surface area contributed by atoms with E-state index in [1.54, 1.807) is 6.07 Å². The zero-order valence-corrected chi connectivity index (χ0v) is 9.72. The number of benzene rings is 1. The van der Waals surface area contributed by atoms with E-state index < -0.39 is 0 Å². The molecule has 0 saturated carbocycles. The molecule has 4 heteroatoms. The molecule has 1 heterocycles. The minimum atomic E-state index is 0.456. The highest BCUT2D eigenvalue weighted by atomic mass is 35.5. The standard InChI is InChI=1S/C12H14ClN3/c13-12-6-10(4-3-9(12)7-14)16-11-2-1-5-15-8-11/h3-4,6,11,15-16H,1-2,5,8H2. The molecule has 84 valence electrons. The second-order valence-electron chi connectivity index (χ2n) is 3.99. The summed E-state index contributed by atoms with van der Waals surface area (Å²) in [6, 6.07) is 7.98. The van der Waals surface area contributed by atoms with Gasteiger partial charge in [0, 0.05) is 18.3 Å². The van der Waals surface area contributed by atoms with Crippen molar-refractivity contribution in [2.45, 2.75) is 18.9 Å². The summed E-state index contributed by atoms with van der Waals surface area (Å²) in [5.74, 6) is 0. The summed E-state index contributed by atoms with van der Waals surface area (Å²) in [5, 5.41) is 16.0. The molecule has 0 aromatic heterocycles. The molecule has 1 aromatic carbocycles. The number of nitriles is 1. The van der Waals surface area contributed by atoms with Crippen molar-refractivity contribution in [2.24, 2.45) is 0 Å². The summed E-state index contributed by atoms with van der Waals surface area (Å²) in [6.07, 6.45) is 2.37. The third-order valence-electron chi connectivity index (χ3n) is 2.76. The van der Waals surface area contributed by atoms with E-state index in [0.29, 0.717) is 16.6 Å². The molecule has 1 aliphatic heterocycles. The van der Waals surface area contributed by atoms with Gasteiger partial charge in [0.2, 0.25) is 0 Å². The lowest BCUT2D eigenvalue weighted by atomic mass is 10.1. The van der Waals surface area contributed by atoms with Gasteiger partial charge in [-0.3, -0.25) is 0 Å². The Labute approximate surface area is 100 Å². The first-order valence-electron chi connectivity index (χ1n) is 5.46. The minimum absolute atomic E-state index is 0.456. The molecule has 16 heavy (non-hydrogen) atoms. The summed E-state index contributed by atoms with van der Waals surface area (Å²) in [6.45, 7) is 2.09. The van der Waals surface area contributed by atoms with Crippen LogP contribution < -0.4 is 10.6 Å². The molecule has 0 radical (unpaired) electrons. The van der Waals surface area contributed by atoms with E-state index in [1.165, 1.54) is 12.8 Å². The predicted molar refractivity (Wildman–Crippen MR) is 65.7 cm³/mol. The van der Waals surface area contributed by atoms with Crippen LogP contribution >= 0.6 is 11.6 Å². The highest BCUT2D eigenvalue weighted by Gasteiger charge is 2.12. The van der Waals surface area contributed by atoms with E-state index in [9.17, 15) is 0 Å². The molecule has 2 rings (SSSR count). The molecule has 0 bridgehead atoms. The Balaban J connectivity index is 2.04. The Morgan fingerprint density at radius 3 is 3.00 bits per heavy atom. The predicted octanol–water partition coefficient (Wildman–Crippen LogP) is 2.38. The number of hydrogen-bond donors (Lipinski definition) is 2. The van der Waals surface area contributed by atoms with Gasteiger partial charge in [-0.15, -0.1) is 0 Å². The molecule has 1 saturated heterocycles. The lowest BCUT2D eigenvalue weighted by Crippen LogP contribution is -2.38. The second-order valence-corrected chi connectivity index (χ2v) is 4.40. The van der Waals surface area contributed by atoms with Crippen LogP contribution in [-0.4, -0.2) is 19.1 Å². The number of nitrogens with zero attached hydrogens (tertiary/aromatic N) is 1. The lowest BCUT2D eigenvalue weighted by molar-refractivity contribution is 0.480. The molecule has 1 fully saturated rings. The van der Waals surface area contributed by atoms with Gasteiger partial charge >= 0.3 is 0 Å². The van der Waals surface area contributed by atoms with E-state index in [-0.39, 0.29) is 0 Å². The van der Waals surface area contributed by atoms with Crippen molar-refractivity contribution in [3.8, 4) is 6.07 Å². The van der Waals surface area contributed by atoms with Crippen molar-refractivity contribution in [1.82, 2.24) is 5.32 Å². The van der Waals surface area contributed by atoms with Gasteiger partial charge in [-0.2, -0.15) is 5.26 Å². The van der Waals surface area contributed by atoms with Gasteiger partial charge in [-0.25, -0.2) is 0 Å². The third-order valence-corrected chi connectivity index (χ3v) is 3.07. The minimum Gasteiger partial charge on any atom is -0.381 e. The average molecular weight is 236 g/mol. The van der Waals surface area contributed by atoms with Gasteiger partial charge in [0.1, 0.15) is 6.07 Å². The first kappa shape index (κ1) is 11.3. The Hall–Kier alpha value is -1.24. The molecular weight excluding hydrogens is 222 g/mol. The molecule has 0 aliphatic carbocycles. The third kappa shape index (κ3) is 2.66. The Bertz CT molecular complexity index is 405. The van der Waals surface area contributed by atoms with E-state index >= 15 is 0 Å². The van der Waals surface area contributed by atoms with E-state index in [2.05, 4.69) is 16.7 Å². The zero-order valence-electron chi connectivity index (χ0n) is 8.96. The molecule has 1 aliphatic rings. The molecule has 1 atom stereocenters. The molecule has 0 amide bonds. The van der Waals surface area contributed by atoms with Crippen LogP contribution in [0, 0.1) is 11.3 Å². The molecule has 3 nitrogen and oxygen atoms in total. The Morgan fingerprint density at radius 2 is 2.38 bits per heavy atom. The van der Waals surface area contributed by atoms with Crippen LogP contribution in [0.3, 0.4) is 0 Å². The van der Waals surface area contributed by atoms with Crippen molar-refractivity contribution in [1.29, 1.82) is 5.26 Å². The maximum atomic E-state index is 8.77. The summed E-state index contributed by atoms with van der Waals surface area (Å²) in [5.41, 5.74) is 1.51. The fourth-order valence-electron chi connectivity index (χ4n) is 1.91. The number of halogens is 1. The van der Waals surface area contributed by atoms with Crippen LogP contribution in [0.15, 0.2) is 18.2 Å². The van der Waals surface area contributed by atoms with Gasteiger partial charge in [0.05, 0.1) is 10.6 Å². The smallest absolute Gasteiger partial charge is 0.101 e. The van der Waals surface area contributed by atoms with Gasteiger partial charge in [-0.1, -0.05) is 11.6 Å². The summed E-state index contributed by atoms with van der Waals surface area (Å²) >= 11 is 5.97. The molecule has 1 unspecified atom stereocenters. The van der Waals surface area contributed by atoms with E-state index in [0.717, 1.165) is 18.8 Å². The van der Waals surface area contributed by atoms with E-state index in [1.807, 2.05) is 12.1 Å². The molecule has 1 aromatic rings. The van der Waals surface area contributed by atoms with Crippen molar-refractivity contribution >= 4 is 17.3 Å². The summed E-state index contributed by atoms with van der Waals surface area (Å²) < 4.78 is 0. The van der Waals surface area contributed by atoms with Crippen LogP contribution in [0.25, 0.3) is 0 Å². The van der Waals surface area contributed by atoms with Crippen LogP contribution in [-0.2, 0) is 0 Å². The van der Waals surface area contributed by atoms with Crippen LogP contribution in [0.4, 0.5) is 5.69 Å². The maximum Gasteiger partial charge on any atom is 0.101 e. The molecule has 2 N–H and O–H groups in total. The molecular formula is C12H14ClN3. The maximum absolute atomic E-state index is 8.77. The van der Waals surface area contributed by atoms with Gasteiger partial charge in [0.25, 0.3) is 0 Å². The van der Waals surface area contributed by atoms with Crippen LogP contribution in [0.5, 0.6) is 0 Å². The van der Waals surface area contributed by atoms with Gasteiger partial charge < -0.3 is 10.6 Å². The number of piperidine rings is 1. The highest BCUT2D eigenvalue weighted by molar-refractivity contribution is 6.32. The first-order valence-corrected chi connectivity index (χ1v) is 5.84. The summed E-state index contributed by atoms with van der Waals surface area (Å²) in [4.78, 5) is 0. The molecule has 0 spiro atoms. The highest BCUT2D eigenvalue weighted by Crippen LogP contribution is 2.21. The SMILES string of the molecule is N#Cc1ccc(NC2CCCNC2)cc1Cl. The second kappa shape index (κ2) is 5.20. The Kier molecular flexibility index (Phi) is 3.66. The number of rotatable bonds is 2. The number of hydrogen-bond acceptors (Lipinski definition) is 3. The number of nitrogens with one attached hydrogen (secondary N) is 2. The fraction of sp³-hybridized carbons (Fsp3) is 0.417. The zero-order chi connectivity index (χ0) is 11.4. The van der Waals surface area contributed by atoms with E-state index in [4.69, 9.17) is 16.9 Å². The fourth-order valence-corrected chi connectivity index (χ4v) is 2.13. The van der Waals surface area contributed by atoms with Crippen LogP contribution in [0.2, 0.25) is 5.02 Å². The summed E-state index contributed by atoms with van der Waals surface area (Å²) in [7, 11) is 0. The Morgan fingerprint density at radius 1 is 1.50 bits per heavy atom. The van der Waals surface area contributed by atoms with Crippen molar-refractivity contribution in [2.75, 3.05) is 18.4 Å². The largest absolute Gasteiger partial charge is 0.381 e. The van der Waals surface area contributed by atoms with Crippen molar-refractivity contribution in [3.05, 3.63) is 28.8 Å². The monoisotopic (exact) mass is 235 g/mol. The van der Waals surface area contributed by atoms with Gasteiger partial charge in [-0.05, 0) is 37.6 Å². The van der Waals surface area contributed by atoms with Crippen molar-refractivity contribution < 1.29 is 0 Å². The lowest BCUT2D eigenvalue weighted by Gasteiger charge is -2.24. The average Bonchev–Trinajstić information content (AvgIpc) is 2.31. The van der Waals surface area contributed by atoms with Crippen molar-refractivity contribution in [3.63, 3.8) is 0 Å². The number of anilines is 1. The van der Waals surface area contributed by atoms with Gasteiger partial charge in [0.15, 0.2) is 0 Å². The normalized spacial score (nSPS) is 20.1. The van der Waals surface area contributed by atoms with Crippen LogP contribution in [0.1, 0.15) is 18.4 Å². The quantitative estimate of drug-likeness (QED) is 0.828. The first-order chi connectivity index (χ1) is 7.79. The topological polar surface area (TPSA) is 47.9 Å².